The molecule has 0 heterocycles. The van der Waals surface area contributed by atoms with Gasteiger partial charge < -0.3 is 15.2 Å². The third kappa shape index (κ3) is 6.82. The van der Waals surface area contributed by atoms with Gasteiger partial charge >= 0.3 is 0 Å². The first-order valence-electron chi connectivity index (χ1n) is 7.15. The number of hydrogen-bond acceptors (Lipinski definition) is 3. The zero-order valence-corrected chi connectivity index (χ0v) is 13.6. The van der Waals surface area contributed by atoms with Crippen molar-refractivity contribution in [1.29, 1.82) is 0 Å². The van der Waals surface area contributed by atoms with E-state index in [1.165, 1.54) is 0 Å². The van der Waals surface area contributed by atoms with Crippen LogP contribution >= 0.6 is 11.6 Å². The number of rotatable bonds is 8. The van der Waals surface area contributed by atoms with Gasteiger partial charge in [-0.1, -0.05) is 31.5 Å². The van der Waals surface area contributed by atoms with Crippen LogP contribution in [0.15, 0.2) is 24.3 Å². The second-order valence-electron chi connectivity index (χ2n) is 5.93. The lowest BCUT2D eigenvalue weighted by Gasteiger charge is -2.21. The number of carbonyl (C=O) groups is 1. The molecule has 5 heteroatoms. The largest absolute Gasteiger partial charge is 0.481 e. The summed E-state index contributed by atoms with van der Waals surface area (Å²) in [5.74, 6) is 0.420. The van der Waals surface area contributed by atoms with Crippen LogP contribution in [0.2, 0.25) is 5.02 Å². The van der Waals surface area contributed by atoms with Crippen molar-refractivity contribution in [3.8, 4) is 5.75 Å². The Hall–Kier alpha value is -1.26. The molecule has 0 saturated carbocycles. The van der Waals surface area contributed by atoms with Gasteiger partial charge in [-0.15, -0.1) is 0 Å². The highest BCUT2D eigenvalue weighted by atomic mass is 35.5. The minimum atomic E-state index is -0.575. The Labute approximate surface area is 131 Å². The van der Waals surface area contributed by atoms with Gasteiger partial charge in [-0.3, -0.25) is 4.79 Å². The van der Waals surface area contributed by atoms with Crippen LogP contribution in [-0.2, 0) is 4.79 Å². The van der Waals surface area contributed by atoms with E-state index in [2.05, 4.69) is 5.32 Å². The molecule has 1 amide bonds. The van der Waals surface area contributed by atoms with Crippen LogP contribution in [0.1, 0.15) is 33.6 Å². The normalized spacial score (nSPS) is 12.8. The van der Waals surface area contributed by atoms with E-state index in [-0.39, 0.29) is 17.9 Å². The second-order valence-corrected chi connectivity index (χ2v) is 6.37. The third-order valence-electron chi connectivity index (χ3n) is 3.24. The van der Waals surface area contributed by atoms with Crippen LogP contribution in [0, 0.1) is 5.41 Å². The number of nitrogens with one attached hydrogen (secondary N) is 1. The molecule has 1 atom stereocenters. The summed E-state index contributed by atoms with van der Waals surface area (Å²) in [6.45, 7) is 6.42. The van der Waals surface area contributed by atoms with E-state index in [0.29, 0.717) is 17.3 Å². The first-order chi connectivity index (χ1) is 9.84. The number of carbonyl (C=O) groups excluding carboxylic acids is 1. The number of aliphatic hydroxyl groups is 1. The van der Waals surface area contributed by atoms with Gasteiger partial charge in [0.05, 0.1) is 0 Å². The Kier molecular flexibility index (Phi) is 6.99. The minimum Gasteiger partial charge on any atom is -0.481 e. The Morgan fingerprint density at radius 2 is 2.19 bits per heavy atom. The van der Waals surface area contributed by atoms with Gasteiger partial charge in [0, 0.05) is 18.2 Å². The Bertz CT molecular complexity index is 463. The van der Waals surface area contributed by atoms with Crippen molar-refractivity contribution in [2.45, 2.75) is 39.7 Å². The summed E-state index contributed by atoms with van der Waals surface area (Å²) in [5.41, 5.74) is -0.104. The van der Waals surface area contributed by atoms with Crippen molar-refractivity contribution in [3.05, 3.63) is 29.3 Å². The molecule has 0 aliphatic rings. The predicted molar refractivity (Wildman–Crippen MR) is 84.7 cm³/mol. The van der Waals surface area contributed by atoms with Gasteiger partial charge in [-0.05, 0) is 43.4 Å². The van der Waals surface area contributed by atoms with Crippen LogP contribution in [0.25, 0.3) is 0 Å². The average molecular weight is 314 g/mol. The number of halogens is 1. The predicted octanol–water partition coefficient (Wildman–Crippen LogP) is 3.02. The smallest absolute Gasteiger partial charge is 0.260 e. The Morgan fingerprint density at radius 3 is 2.81 bits per heavy atom. The van der Waals surface area contributed by atoms with E-state index < -0.39 is 6.10 Å². The molecular formula is C16H24ClNO3. The molecule has 4 nitrogen and oxygen atoms in total. The van der Waals surface area contributed by atoms with E-state index in [4.69, 9.17) is 21.4 Å². The lowest BCUT2D eigenvalue weighted by Crippen LogP contribution is -2.37. The number of amides is 1. The summed E-state index contributed by atoms with van der Waals surface area (Å²) in [5, 5.41) is 12.6. The van der Waals surface area contributed by atoms with Crippen molar-refractivity contribution in [2.24, 2.45) is 5.41 Å². The van der Waals surface area contributed by atoms with Crippen LogP contribution < -0.4 is 10.1 Å². The van der Waals surface area contributed by atoms with Gasteiger partial charge in [0.2, 0.25) is 0 Å². The van der Waals surface area contributed by atoms with E-state index in [9.17, 15) is 4.79 Å². The zero-order valence-electron chi connectivity index (χ0n) is 12.9. The summed E-state index contributed by atoms with van der Waals surface area (Å²) < 4.78 is 5.54. The molecule has 118 valence electrons. The molecular weight excluding hydrogens is 290 g/mol. The molecule has 0 aliphatic heterocycles. The highest BCUT2D eigenvalue weighted by molar-refractivity contribution is 6.30. The van der Waals surface area contributed by atoms with Crippen molar-refractivity contribution in [3.63, 3.8) is 0 Å². The molecule has 1 aromatic carbocycles. The first-order valence-corrected chi connectivity index (χ1v) is 7.53. The molecule has 0 aromatic heterocycles. The second kappa shape index (κ2) is 8.25. The lowest BCUT2D eigenvalue weighted by molar-refractivity contribution is -0.127. The van der Waals surface area contributed by atoms with Crippen molar-refractivity contribution in [2.75, 3.05) is 13.2 Å². The van der Waals surface area contributed by atoms with Crippen molar-refractivity contribution in [1.82, 2.24) is 5.32 Å². The maximum absolute atomic E-state index is 11.9. The molecule has 1 aromatic rings. The fourth-order valence-electron chi connectivity index (χ4n) is 1.80. The number of aliphatic hydroxyl groups excluding tert-OH is 1. The zero-order chi connectivity index (χ0) is 15.9. The quantitative estimate of drug-likeness (QED) is 0.725. The van der Waals surface area contributed by atoms with Crippen LogP contribution in [-0.4, -0.2) is 30.3 Å². The van der Waals surface area contributed by atoms with Crippen LogP contribution in [0.5, 0.6) is 5.75 Å². The van der Waals surface area contributed by atoms with Gasteiger partial charge in [0.15, 0.2) is 6.10 Å². The Balaban J connectivity index is 2.32. The first kappa shape index (κ1) is 17.8. The van der Waals surface area contributed by atoms with Gasteiger partial charge in [0.25, 0.3) is 5.91 Å². The van der Waals surface area contributed by atoms with Gasteiger partial charge in [0.1, 0.15) is 5.75 Å². The molecule has 0 saturated heterocycles. The number of benzene rings is 1. The number of hydrogen-bond donors (Lipinski definition) is 2. The summed E-state index contributed by atoms with van der Waals surface area (Å²) in [6.07, 6.45) is 1.10. The molecule has 1 unspecified atom stereocenters. The van der Waals surface area contributed by atoms with E-state index in [1.54, 1.807) is 31.2 Å². The fraction of sp³-hybridized carbons (Fsp3) is 0.562. The summed E-state index contributed by atoms with van der Waals surface area (Å²) in [7, 11) is 0. The summed E-state index contributed by atoms with van der Waals surface area (Å²) in [6, 6.07) is 6.97. The SMILES string of the molecule is CC(Oc1cccc(Cl)c1)C(=O)NCCCC(C)(C)CO. The highest BCUT2D eigenvalue weighted by Crippen LogP contribution is 2.20. The fourth-order valence-corrected chi connectivity index (χ4v) is 1.98. The molecule has 2 N–H and O–H groups in total. The van der Waals surface area contributed by atoms with Crippen molar-refractivity contribution < 1.29 is 14.6 Å². The average Bonchev–Trinajstić information content (AvgIpc) is 2.43. The van der Waals surface area contributed by atoms with Crippen molar-refractivity contribution >= 4 is 17.5 Å². The van der Waals surface area contributed by atoms with Crippen LogP contribution in [0.3, 0.4) is 0 Å². The third-order valence-corrected chi connectivity index (χ3v) is 3.47. The molecule has 0 radical (unpaired) electrons. The maximum Gasteiger partial charge on any atom is 0.260 e. The minimum absolute atomic E-state index is 0.104. The molecule has 21 heavy (non-hydrogen) atoms. The van der Waals surface area contributed by atoms with Crippen LogP contribution in [0.4, 0.5) is 0 Å². The highest BCUT2D eigenvalue weighted by Gasteiger charge is 2.17. The molecule has 0 spiro atoms. The topological polar surface area (TPSA) is 58.6 Å². The maximum atomic E-state index is 11.9. The summed E-state index contributed by atoms with van der Waals surface area (Å²) >= 11 is 5.87. The van der Waals surface area contributed by atoms with Gasteiger partial charge in [-0.2, -0.15) is 0 Å². The molecule has 0 bridgehead atoms. The molecule has 0 aliphatic carbocycles. The lowest BCUT2D eigenvalue weighted by atomic mass is 9.89. The van der Waals surface area contributed by atoms with E-state index >= 15 is 0 Å². The number of ether oxygens (including phenoxy) is 1. The monoisotopic (exact) mass is 313 g/mol. The van der Waals surface area contributed by atoms with E-state index in [0.717, 1.165) is 12.8 Å². The Morgan fingerprint density at radius 1 is 1.48 bits per heavy atom. The van der Waals surface area contributed by atoms with E-state index in [1.807, 2.05) is 13.8 Å². The molecule has 0 fully saturated rings. The standard InChI is InChI=1S/C16H24ClNO3/c1-12(21-14-7-4-6-13(17)10-14)15(20)18-9-5-8-16(2,3)11-19/h4,6-7,10,12,19H,5,8-9,11H2,1-3H3,(H,18,20). The molecule has 1 rings (SSSR count). The van der Waals surface area contributed by atoms with Gasteiger partial charge in [-0.25, -0.2) is 0 Å². The summed E-state index contributed by atoms with van der Waals surface area (Å²) in [4.78, 5) is 11.9.